The zero-order chi connectivity index (χ0) is 20.7. The summed E-state index contributed by atoms with van der Waals surface area (Å²) in [6.45, 7) is 2.67. The summed E-state index contributed by atoms with van der Waals surface area (Å²) in [4.78, 5) is 21.8. The summed E-state index contributed by atoms with van der Waals surface area (Å²) in [5.41, 5.74) is 0. The monoisotopic (exact) mass is 409 g/mol. The summed E-state index contributed by atoms with van der Waals surface area (Å²) in [5, 5.41) is 19.3. The summed E-state index contributed by atoms with van der Waals surface area (Å²) >= 11 is 0. The van der Waals surface area contributed by atoms with Crippen LogP contribution in [-0.2, 0) is 19.6 Å². The Morgan fingerprint density at radius 3 is 2.43 bits per heavy atom. The fourth-order valence-electron chi connectivity index (χ4n) is 2.55. The molecule has 2 aromatic carbocycles. The molecule has 9 heteroatoms. The molecular formula is C19H23NO7S. The van der Waals surface area contributed by atoms with Crippen molar-refractivity contribution in [2.45, 2.75) is 43.5 Å². The van der Waals surface area contributed by atoms with Crippen molar-refractivity contribution in [1.82, 2.24) is 4.72 Å². The van der Waals surface area contributed by atoms with E-state index in [1.165, 1.54) is 12.1 Å². The minimum absolute atomic E-state index is 0.0961. The van der Waals surface area contributed by atoms with Gasteiger partial charge in [-0.3, -0.25) is 9.59 Å². The van der Waals surface area contributed by atoms with Crippen molar-refractivity contribution < 1.29 is 33.0 Å². The van der Waals surface area contributed by atoms with E-state index in [4.69, 9.17) is 14.9 Å². The maximum absolute atomic E-state index is 12.5. The van der Waals surface area contributed by atoms with E-state index >= 15 is 0 Å². The number of rotatable bonds is 11. The Balaban J connectivity index is 2.21. The van der Waals surface area contributed by atoms with Gasteiger partial charge in [0.05, 0.1) is 11.5 Å². The lowest BCUT2D eigenvalue weighted by atomic mass is 10.1. The minimum Gasteiger partial charge on any atom is -0.494 e. The van der Waals surface area contributed by atoms with Crippen LogP contribution in [0.25, 0.3) is 10.8 Å². The lowest BCUT2D eigenvalue weighted by Crippen LogP contribution is -2.41. The van der Waals surface area contributed by atoms with E-state index in [1.807, 2.05) is 6.07 Å². The summed E-state index contributed by atoms with van der Waals surface area (Å²) in [5.74, 6) is -1.94. The molecule has 0 saturated carbocycles. The Labute approximate surface area is 163 Å². The molecule has 0 aromatic heterocycles. The van der Waals surface area contributed by atoms with E-state index in [2.05, 4.69) is 11.6 Å². The molecule has 8 nitrogen and oxygen atoms in total. The van der Waals surface area contributed by atoms with Gasteiger partial charge in [0.25, 0.3) is 0 Å². The topological polar surface area (TPSA) is 130 Å². The smallest absolute Gasteiger partial charge is 0.321 e. The van der Waals surface area contributed by atoms with Gasteiger partial charge in [0.15, 0.2) is 0 Å². The van der Waals surface area contributed by atoms with Gasteiger partial charge in [0.1, 0.15) is 11.8 Å². The fraction of sp³-hybridized carbons (Fsp3) is 0.368. The Morgan fingerprint density at radius 1 is 1.11 bits per heavy atom. The molecule has 0 bridgehead atoms. The molecule has 0 saturated heterocycles. The van der Waals surface area contributed by atoms with E-state index < -0.39 is 34.4 Å². The highest BCUT2D eigenvalue weighted by Gasteiger charge is 2.26. The Morgan fingerprint density at radius 2 is 1.79 bits per heavy atom. The van der Waals surface area contributed by atoms with Crippen LogP contribution in [0.15, 0.2) is 41.3 Å². The van der Waals surface area contributed by atoms with Crippen molar-refractivity contribution in [3.8, 4) is 5.75 Å². The first-order valence-electron chi connectivity index (χ1n) is 8.86. The first-order chi connectivity index (χ1) is 13.2. The zero-order valence-corrected chi connectivity index (χ0v) is 16.2. The second-order valence-electron chi connectivity index (χ2n) is 6.32. The first-order valence-corrected chi connectivity index (χ1v) is 10.3. The summed E-state index contributed by atoms with van der Waals surface area (Å²) < 4.78 is 32.8. The van der Waals surface area contributed by atoms with Gasteiger partial charge in [-0.1, -0.05) is 25.5 Å². The normalized spacial score (nSPS) is 12.6. The number of hydrogen-bond donors (Lipinski definition) is 3. The molecule has 0 aliphatic heterocycles. The van der Waals surface area contributed by atoms with Crippen molar-refractivity contribution in [3.05, 3.63) is 36.4 Å². The maximum Gasteiger partial charge on any atom is 0.321 e. The van der Waals surface area contributed by atoms with Crippen molar-refractivity contribution in [2.75, 3.05) is 6.61 Å². The second kappa shape index (κ2) is 9.52. The van der Waals surface area contributed by atoms with Gasteiger partial charge < -0.3 is 14.9 Å². The number of nitrogens with one attached hydrogen (secondary N) is 1. The SMILES string of the molecule is CCCCOc1ccc2cc(S(=O)(=O)NC(CCC(=O)O)C(=O)O)ccc2c1. The Hall–Kier alpha value is -2.65. The van der Waals surface area contributed by atoms with E-state index in [0.29, 0.717) is 17.7 Å². The average molecular weight is 409 g/mol. The molecule has 2 rings (SSSR count). The molecule has 28 heavy (non-hydrogen) atoms. The molecule has 0 radical (unpaired) electrons. The highest BCUT2D eigenvalue weighted by atomic mass is 32.2. The molecule has 0 aliphatic carbocycles. The van der Waals surface area contributed by atoms with E-state index in [1.54, 1.807) is 18.2 Å². The highest BCUT2D eigenvalue weighted by Crippen LogP contribution is 2.24. The largest absolute Gasteiger partial charge is 0.494 e. The molecule has 3 N–H and O–H groups in total. The van der Waals surface area contributed by atoms with Crippen LogP contribution < -0.4 is 9.46 Å². The predicted octanol–water partition coefficient (Wildman–Crippen LogP) is 2.62. The summed E-state index contributed by atoms with van der Waals surface area (Å²) in [6, 6.07) is 8.18. The van der Waals surface area contributed by atoms with Crippen molar-refractivity contribution in [3.63, 3.8) is 0 Å². The highest BCUT2D eigenvalue weighted by molar-refractivity contribution is 7.89. The van der Waals surface area contributed by atoms with Crippen molar-refractivity contribution >= 4 is 32.7 Å². The molecule has 0 spiro atoms. The maximum atomic E-state index is 12.5. The van der Waals surface area contributed by atoms with Crippen molar-refractivity contribution in [1.29, 1.82) is 0 Å². The Kier molecular flexibility index (Phi) is 7.36. The lowest BCUT2D eigenvalue weighted by Gasteiger charge is -2.14. The number of unbranched alkanes of at least 4 members (excludes halogenated alkanes) is 1. The van der Waals surface area contributed by atoms with Crippen LogP contribution >= 0.6 is 0 Å². The lowest BCUT2D eigenvalue weighted by molar-refractivity contribution is -0.140. The number of aliphatic carboxylic acids is 2. The van der Waals surface area contributed by atoms with Crippen LogP contribution in [0, 0.1) is 0 Å². The van der Waals surface area contributed by atoms with Crippen LogP contribution in [0.3, 0.4) is 0 Å². The number of carboxylic acids is 2. The molecular weight excluding hydrogens is 386 g/mol. The number of benzene rings is 2. The third kappa shape index (κ3) is 5.93. The molecule has 0 amide bonds. The molecule has 0 fully saturated rings. The molecule has 152 valence electrons. The molecule has 2 aromatic rings. The molecule has 0 aliphatic rings. The summed E-state index contributed by atoms with van der Waals surface area (Å²) in [7, 11) is -4.13. The molecule has 0 heterocycles. The minimum atomic E-state index is -4.13. The third-order valence-electron chi connectivity index (χ3n) is 4.10. The van der Waals surface area contributed by atoms with Gasteiger partial charge in [-0.25, -0.2) is 8.42 Å². The fourth-order valence-corrected chi connectivity index (χ4v) is 3.81. The number of fused-ring (bicyclic) bond motifs is 1. The first kappa shape index (κ1) is 21.6. The number of carbonyl (C=O) groups is 2. The summed E-state index contributed by atoms with van der Waals surface area (Å²) in [6.07, 6.45) is 1.15. The van der Waals surface area contributed by atoms with Crippen LogP contribution in [-0.4, -0.2) is 43.2 Å². The Bertz CT molecular complexity index is 956. The quantitative estimate of drug-likeness (QED) is 0.486. The van der Waals surface area contributed by atoms with Gasteiger partial charge >= 0.3 is 11.9 Å². The zero-order valence-electron chi connectivity index (χ0n) is 15.4. The van der Waals surface area contributed by atoms with Crippen LogP contribution in [0.4, 0.5) is 0 Å². The standard InChI is InChI=1S/C19H23NO7S/c1-2-3-10-27-15-6-4-14-12-16(7-5-13(14)11-15)28(25,26)20-17(19(23)24)8-9-18(21)22/h4-7,11-12,17,20H,2-3,8-10H2,1H3,(H,21,22)(H,23,24). The van der Waals surface area contributed by atoms with E-state index in [9.17, 15) is 18.0 Å². The van der Waals surface area contributed by atoms with Gasteiger partial charge in [-0.2, -0.15) is 4.72 Å². The predicted molar refractivity (Wildman–Crippen MR) is 103 cm³/mol. The van der Waals surface area contributed by atoms with Crippen LogP contribution in [0.5, 0.6) is 5.75 Å². The van der Waals surface area contributed by atoms with Gasteiger partial charge in [0, 0.05) is 6.42 Å². The van der Waals surface area contributed by atoms with E-state index in [-0.39, 0.29) is 11.3 Å². The van der Waals surface area contributed by atoms with Crippen molar-refractivity contribution in [2.24, 2.45) is 0 Å². The average Bonchev–Trinajstić information content (AvgIpc) is 2.64. The number of ether oxygens (including phenoxy) is 1. The molecule has 1 atom stereocenters. The van der Waals surface area contributed by atoms with E-state index in [0.717, 1.165) is 18.2 Å². The van der Waals surface area contributed by atoms with Crippen LogP contribution in [0.1, 0.15) is 32.6 Å². The number of hydrogen-bond acceptors (Lipinski definition) is 5. The molecule has 1 unspecified atom stereocenters. The van der Waals surface area contributed by atoms with Gasteiger partial charge in [-0.05, 0) is 47.9 Å². The second-order valence-corrected chi connectivity index (χ2v) is 8.03. The van der Waals surface area contributed by atoms with Crippen LogP contribution in [0.2, 0.25) is 0 Å². The number of carboxylic acid groups (broad SMARTS) is 2. The third-order valence-corrected chi connectivity index (χ3v) is 5.57. The van der Waals surface area contributed by atoms with Gasteiger partial charge in [-0.15, -0.1) is 0 Å². The van der Waals surface area contributed by atoms with Gasteiger partial charge in [0.2, 0.25) is 10.0 Å². The number of sulfonamides is 1.